The molecule has 0 aromatic heterocycles. The molecule has 0 aliphatic carbocycles. The van der Waals surface area contributed by atoms with E-state index in [2.05, 4.69) is 0 Å². The Bertz CT molecular complexity index is 256. The third-order valence-corrected chi connectivity index (χ3v) is 2.10. The predicted octanol–water partition coefficient (Wildman–Crippen LogP) is -0.0238. The molecule has 0 saturated heterocycles. The Morgan fingerprint density at radius 1 is 1.00 bits per heavy atom. The second kappa shape index (κ2) is 9.85. The van der Waals surface area contributed by atoms with Gasteiger partial charge in [0.2, 0.25) is 0 Å². The van der Waals surface area contributed by atoms with Crippen molar-refractivity contribution in [2.24, 2.45) is 0 Å². The number of hydrogen-bond donors (Lipinski definition) is 0. The summed E-state index contributed by atoms with van der Waals surface area (Å²) in [4.78, 5) is 26.0. The lowest BCUT2D eigenvalue weighted by atomic mass is 10.4. The number of esters is 2. The van der Waals surface area contributed by atoms with Gasteiger partial charge in [-0.25, -0.2) is 0 Å². The van der Waals surface area contributed by atoms with E-state index in [1.54, 1.807) is 11.8 Å². The first-order chi connectivity index (χ1) is 8.45. The lowest BCUT2D eigenvalue weighted by molar-refractivity contribution is -0.146. The monoisotopic (exact) mass is 260 g/mol. The number of rotatable bonds is 9. The van der Waals surface area contributed by atoms with Crippen molar-refractivity contribution in [3.05, 3.63) is 0 Å². The van der Waals surface area contributed by atoms with Crippen LogP contribution in [0.5, 0.6) is 0 Å². The number of hydrogen-bond acceptors (Lipinski definition) is 6. The molecule has 0 radical (unpaired) electrons. The van der Waals surface area contributed by atoms with E-state index in [9.17, 15) is 9.59 Å². The van der Waals surface area contributed by atoms with Crippen LogP contribution >= 0.6 is 0 Å². The molecule has 106 valence electrons. The smallest absolute Gasteiger partial charge is 0.320 e. The summed E-state index contributed by atoms with van der Waals surface area (Å²) >= 11 is 0. The van der Waals surface area contributed by atoms with Crippen LogP contribution in [0.4, 0.5) is 0 Å². The largest absolute Gasteiger partial charge is 0.465 e. The molecule has 0 heterocycles. The molecule has 0 aromatic carbocycles. The highest BCUT2D eigenvalue weighted by molar-refractivity contribution is 5.71. The molecule has 0 unspecified atom stereocenters. The van der Waals surface area contributed by atoms with Gasteiger partial charge in [-0.05, 0) is 34.5 Å². The Morgan fingerprint density at radius 3 is 2.17 bits per heavy atom. The quantitative estimate of drug-likeness (QED) is 0.429. The molecular formula is C12H24N2O4. The lowest BCUT2D eigenvalue weighted by Crippen LogP contribution is -2.29. The number of likely N-dealkylation sites (N-methyl/N-ethyl adjacent to an activating group) is 2. The zero-order valence-corrected chi connectivity index (χ0v) is 11.8. The maximum atomic E-state index is 11.2. The minimum Gasteiger partial charge on any atom is -0.465 e. The van der Waals surface area contributed by atoms with Crippen LogP contribution < -0.4 is 0 Å². The molecule has 18 heavy (non-hydrogen) atoms. The van der Waals surface area contributed by atoms with Crippen molar-refractivity contribution >= 4 is 11.9 Å². The Balaban J connectivity index is 3.53. The minimum absolute atomic E-state index is 0.229. The molecule has 6 heteroatoms. The zero-order chi connectivity index (χ0) is 14.0. The summed E-state index contributed by atoms with van der Waals surface area (Å²) in [6, 6.07) is 0. The fourth-order valence-corrected chi connectivity index (χ4v) is 1.33. The third kappa shape index (κ3) is 10.0. The summed E-state index contributed by atoms with van der Waals surface area (Å²) in [6.45, 7) is 3.79. The Morgan fingerprint density at radius 2 is 1.61 bits per heavy atom. The van der Waals surface area contributed by atoms with E-state index in [1.165, 1.54) is 0 Å². The molecular weight excluding hydrogens is 236 g/mol. The minimum atomic E-state index is -0.232. The molecule has 6 nitrogen and oxygen atoms in total. The van der Waals surface area contributed by atoms with E-state index in [0.717, 1.165) is 0 Å². The Kier molecular flexibility index (Phi) is 9.22. The molecule has 0 N–H and O–H groups in total. The van der Waals surface area contributed by atoms with Crippen LogP contribution in [0.2, 0.25) is 0 Å². The first-order valence-corrected chi connectivity index (χ1v) is 6.10. The highest BCUT2D eigenvalue weighted by Gasteiger charge is 2.07. The summed E-state index contributed by atoms with van der Waals surface area (Å²) in [6.07, 6.45) is 0.703. The molecule has 0 aliphatic heterocycles. The standard InChI is InChI=1S/C12H24N2O4/c1-5-17-12(16)10-14(4)7-6-8-18-11(15)9-13(2)3/h5-10H2,1-4H3. The van der Waals surface area contributed by atoms with Crippen molar-refractivity contribution in [3.63, 3.8) is 0 Å². The summed E-state index contributed by atoms with van der Waals surface area (Å²) in [5.41, 5.74) is 0. The summed E-state index contributed by atoms with van der Waals surface area (Å²) < 4.78 is 9.86. The molecule has 0 saturated carbocycles. The van der Waals surface area contributed by atoms with E-state index in [1.807, 2.05) is 26.0 Å². The highest BCUT2D eigenvalue weighted by Crippen LogP contribution is 1.92. The van der Waals surface area contributed by atoms with Crippen molar-refractivity contribution in [3.8, 4) is 0 Å². The number of carbonyl (C=O) groups excluding carboxylic acids is 2. The summed E-state index contributed by atoms with van der Waals surface area (Å²) in [5.74, 6) is -0.461. The van der Waals surface area contributed by atoms with Crippen LogP contribution in [0.25, 0.3) is 0 Å². The van der Waals surface area contributed by atoms with Crippen molar-refractivity contribution < 1.29 is 19.1 Å². The topological polar surface area (TPSA) is 59.1 Å². The molecule has 0 aromatic rings. The van der Waals surface area contributed by atoms with Gasteiger partial charge in [-0.1, -0.05) is 0 Å². The van der Waals surface area contributed by atoms with Gasteiger partial charge in [0.25, 0.3) is 0 Å². The van der Waals surface area contributed by atoms with Gasteiger partial charge in [-0.3, -0.25) is 19.4 Å². The van der Waals surface area contributed by atoms with Gasteiger partial charge >= 0.3 is 11.9 Å². The molecule has 0 bridgehead atoms. The number of carbonyl (C=O) groups is 2. The van der Waals surface area contributed by atoms with Crippen molar-refractivity contribution in [2.75, 3.05) is 54.0 Å². The van der Waals surface area contributed by atoms with Crippen LogP contribution in [0, 0.1) is 0 Å². The number of nitrogens with zero attached hydrogens (tertiary/aromatic N) is 2. The number of ether oxygens (including phenoxy) is 2. The van der Waals surface area contributed by atoms with Gasteiger partial charge in [-0.15, -0.1) is 0 Å². The zero-order valence-electron chi connectivity index (χ0n) is 11.8. The lowest BCUT2D eigenvalue weighted by Gasteiger charge is -2.15. The van der Waals surface area contributed by atoms with Crippen LogP contribution in [0.1, 0.15) is 13.3 Å². The first kappa shape index (κ1) is 16.9. The second-order valence-electron chi connectivity index (χ2n) is 4.35. The van der Waals surface area contributed by atoms with E-state index < -0.39 is 0 Å². The summed E-state index contributed by atoms with van der Waals surface area (Å²) in [5, 5.41) is 0. The van der Waals surface area contributed by atoms with E-state index >= 15 is 0 Å². The van der Waals surface area contributed by atoms with Crippen LogP contribution in [0.3, 0.4) is 0 Å². The third-order valence-electron chi connectivity index (χ3n) is 2.10. The molecule has 0 spiro atoms. The SMILES string of the molecule is CCOC(=O)CN(C)CCCOC(=O)CN(C)C. The van der Waals surface area contributed by atoms with E-state index in [4.69, 9.17) is 9.47 Å². The Hall–Kier alpha value is -1.14. The molecule has 0 atom stereocenters. The maximum Gasteiger partial charge on any atom is 0.320 e. The Labute approximate surface area is 109 Å². The van der Waals surface area contributed by atoms with Crippen molar-refractivity contribution in [2.45, 2.75) is 13.3 Å². The average Bonchev–Trinajstić information content (AvgIpc) is 2.23. The van der Waals surface area contributed by atoms with Crippen LogP contribution in [0.15, 0.2) is 0 Å². The maximum absolute atomic E-state index is 11.2. The van der Waals surface area contributed by atoms with Crippen LogP contribution in [-0.2, 0) is 19.1 Å². The van der Waals surface area contributed by atoms with Gasteiger partial charge < -0.3 is 9.47 Å². The normalized spacial score (nSPS) is 10.8. The van der Waals surface area contributed by atoms with Gasteiger partial charge in [0, 0.05) is 6.54 Å². The average molecular weight is 260 g/mol. The molecule has 0 amide bonds. The molecule has 0 fully saturated rings. The van der Waals surface area contributed by atoms with Gasteiger partial charge in [0.05, 0.1) is 26.3 Å². The fourth-order valence-electron chi connectivity index (χ4n) is 1.33. The van der Waals surface area contributed by atoms with E-state index in [-0.39, 0.29) is 18.5 Å². The van der Waals surface area contributed by atoms with Gasteiger partial charge in [-0.2, -0.15) is 0 Å². The van der Waals surface area contributed by atoms with Crippen molar-refractivity contribution in [1.82, 2.24) is 9.80 Å². The predicted molar refractivity (Wildman–Crippen MR) is 68.3 cm³/mol. The fraction of sp³-hybridized carbons (Fsp3) is 0.833. The molecule has 0 rings (SSSR count). The van der Waals surface area contributed by atoms with Crippen molar-refractivity contribution in [1.29, 1.82) is 0 Å². The first-order valence-electron chi connectivity index (χ1n) is 6.10. The van der Waals surface area contributed by atoms with Gasteiger partial charge in [0.1, 0.15) is 0 Å². The van der Waals surface area contributed by atoms with Crippen LogP contribution in [-0.4, -0.2) is 75.7 Å². The second-order valence-corrected chi connectivity index (χ2v) is 4.35. The highest BCUT2D eigenvalue weighted by atomic mass is 16.5. The summed E-state index contributed by atoms with van der Waals surface area (Å²) in [7, 11) is 5.46. The van der Waals surface area contributed by atoms with E-state index in [0.29, 0.717) is 32.7 Å². The van der Waals surface area contributed by atoms with Gasteiger partial charge in [0.15, 0.2) is 0 Å². The molecule has 0 aliphatic rings.